The third kappa shape index (κ3) is 5.14. The SMILES string of the molecule is Cc1ccc(S(=O)(=O)N(C)CC(=O)N[C@H](c2ccccc2)c2cccc(C)c2)cc1. The summed E-state index contributed by atoms with van der Waals surface area (Å²) in [6.07, 6.45) is 0. The zero-order chi connectivity index (χ0) is 21.7. The van der Waals surface area contributed by atoms with Crippen molar-refractivity contribution < 1.29 is 13.2 Å². The Morgan fingerprint density at radius 3 is 2.13 bits per heavy atom. The number of hydrogen-bond acceptors (Lipinski definition) is 3. The van der Waals surface area contributed by atoms with Crippen LogP contribution in [-0.2, 0) is 14.8 Å². The molecule has 0 aromatic heterocycles. The van der Waals surface area contributed by atoms with Crippen molar-refractivity contribution in [3.63, 3.8) is 0 Å². The van der Waals surface area contributed by atoms with Gasteiger partial charge in [0.25, 0.3) is 0 Å². The minimum absolute atomic E-state index is 0.168. The molecular formula is C24H26N2O3S. The van der Waals surface area contributed by atoms with Crippen LogP contribution < -0.4 is 5.32 Å². The summed E-state index contributed by atoms with van der Waals surface area (Å²) >= 11 is 0. The van der Waals surface area contributed by atoms with Gasteiger partial charge in [0, 0.05) is 7.05 Å². The zero-order valence-corrected chi connectivity index (χ0v) is 18.2. The molecule has 0 bridgehead atoms. The predicted molar refractivity (Wildman–Crippen MR) is 119 cm³/mol. The third-order valence-corrected chi connectivity index (χ3v) is 6.73. The van der Waals surface area contributed by atoms with Gasteiger partial charge in [-0.25, -0.2) is 8.42 Å². The van der Waals surface area contributed by atoms with Crippen LogP contribution in [0, 0.1) is 13.8 Å². The molecule has 1 N–H and O–H groups in total. The van der Waals surface area contributed by atoms with E-state index in [1.54, 1.807) is 24.3 Å². The predicted octanol–water partition coefficient (Wildman–Crippen LogP) is 3.83. The molecule has 3 aromatic rings. The molecule has 0 unspecified atom stereocenters. The quantitative estimate of drug-likeness (QED) is 0.629. The van der Waals surface area contributed by atoms with Crippen LogP contribution in [0.1, 0.15) is 28.3 Å². The molecule has 0 radical (unpaired) electrons. The molecule has 3 rings (SSSR count). The number of amides is 1. The lowest BCUT2D eigenvalue weighted by molar-refractivity contribution is -0.121. The Bertz CT molecular complexity index is 1110. The van der Waals surface area contributed by atoms with Crippen molar-refractivity contribution in [1.29, 1.82) is 0 Å². The van der Waals surface area contributed by atoms with Gasteiger partial charge in [-0.3, -0.25) is 4.79 Å². The maximum Gasteiger partial charge on any atom is 0.243 e. The van der Waals surface area contributed by atoms with Gasteiger partial charge in [0.05, 0.1) is 17.5 Å². The lowest BCUT2D eigenvalue weighted by atomic mass is 9.97. The van der Waals surface area contributed by atoms with Crippen LogP contribution in [0.2, 0.25) is 0 Å². The number of carbonyl (C=O) groups excluding carboxylic acids is 1. The van der Waals surface area contributed by atoms with Crippen molar-refractivity contribution in [1.82, 2.24) is 9.62 Å². The van der Waals surface area contributed by atoms with Crippen LogP contribution >= 0.6 is 0 Å². The van der Waals surface area contributed by atoms with E-state index in [2.05, 4.69) is 5.32 Å². The molecule has 5 nitrogen and oxygen atoms in total. The second-order valence-electron chi connectivity index (χ2n) is 7.40. The number of benzene rings is 3. The largest absolute Gasteiger partial charge is 0.344 e. The Labute approximate surface area is 178 Å². The van der Waals surface area contributed by atoms with Crippen molar-refractivity contribution in [3.8, 4) is 0 Å². The Morgan fingerprint density at radius 2 is 1.50 bits per heavy atom. The number of nitrogens with zero attached hydrogens (tertiary/aromatic N) is 1. The number of likely N-dealkylation sites (N-methyl/N-ethyl adjacent to an activating group) is 1. The molecule has 30 heavy (non-hydrogen) atoms. The summed E-state index contributed by atoms with van der Waals surface area (Å²) in [5.74, 6) is -0.372. The first-order chi connectivity index (χ1) is 14.3. The summed E-state index contributed by atoms with van der Waals surface area (Å²) in [4.78, 5) is 13.0. The fourth-order valence-corrected chi connectivity index (χ4v) is 4.37. The Kier molecular flexibility index (Phi) is 6.70. The second kappa shape index (κ2) is 9.24. The number of carbonyl (C=O) groups is 1. The van der Waals surface area contributed by atoms with Gasteiger partial charge in [0.15, 0.2) is 0 Å². The molecule has 1 atom stereocenters. The summed E-state index contributed by atoms with van der Waals surface area (Å²) in [7, 11) is -2.33. The molecule has 0 aliphatic heterocycles. The lowest BCUT2D eigenvalue weighted by Gasteiger charge is -2.22. The smallest absolute Gasteiger partial charge is 0.243 e. The first-order valence-corrected chi connectivity index (χ1v) is 11.2. The minimum atomic E-state index is -3.75. The summed E-state index contributed by atoms with van der Waals surface area (Å²) in [6.45, 7) is 3.61. The van der Waals surface area contributed by atoms with Crippen LogP contribution in [0.15, 0.2) is 83.8 Å². The van der Waals surface area contributed by atoms with Gasteiger partial charge in [-0.2, -0.15) is 4.31 Å². The van der Waals surface area contributed by atoms with Gasteiger partial charge in [0.2, 0.25) is 15.9 Å². The van der Waals surface area contributed by atoms with Crippen molar-refractivity contribution in [2.45, 2.75) is 24.8 Å². The Hall–Kier alpha value is -2.96. The van der Waals surface area contributed by atoms with Crippen LogP contribution in [0.5, 0.6) is 0 Å². The summed E-state index contributed by atoms with van der Waals surface area (Å²) in [5.41, 5.74) is 3.93. The minimum Gasteiger partial charge on any atom is -0.344 e. The maximum absolute atomic E-state index is 12.8. The van der Waals surface area contributed by atoms with Crippen molar-refractivity contribution in [3.05, 3.63) is 101 Å². The number of aryl methyl sites for hydroxylation is 2. The zero-order valence-electron chi connectivity index (χ0n) is 17.4. The number of nitrogens with one attached hydrogen (secondary N) is 1. The van der Waals surface area contributed by atoms with E-state index in [1.807, 2.05) is 68.4 Å². The molecule has 0 heterocycles. The highest BCUT2D eigenvalue weighted by Crippen LogP contribution is 2.23. The van der Waals surface area contributed by atoms with E-state index < -0.39 is 10.0 Å². The van der Waals surface area contributed by atoms with E-state index >= 15 is 0 Å². The van der Waals surface area contributed by atoms with E-state index in [0.717, 1.165) is 26.6 Å². The standard InChI is InChI=1S/C24H26N2O3S/c1-18-12-14-22(15-13-18)30(28,29)26(3)17-23(27)25-24(20-9-5-4-6-10-20)21-11-7-8-19(2)16-21/h4-16,24H,17H2,1-3H3,(H,25,27)/t24-/m1/s1. The molecule has 3 aromatic carbocycles. The summed E-state index contributed by atoms with van der Waals surface area (Å²) in [5, 5.41) is 3.00. The molecule has 0 saturated heterocycles. The molecule has 0 spiro atoms. The molecular weight excluding hydrogens is 396 g/mol. The van der Waals surface area contributed by atoms with Crippen LogP contribution in [0.4, 0.5) is 0 Å². The van der Waals surface area contributed by atoms with Gasteiger partial charge in [0.1, 0.15) is 0 Å². The molecule has 1 amide bonds. The number of rotatable bonds is 7. The van der Waals surface area contributed by atoms with Crippen molar-refractivity contribution in [2.24, 2.45) is 0 Å². The van der Waals surface area contributed by atoms with Crippen molar-refractivity contribution in [2.75, 3.05) is 13.6 Å². The molecule has 0 saturated carbocycles. The fraction of sp³-hybridized carbons (Fsp3) is 0.208. The second-order valence-corrected chi connectivity index (χ2v) is 9.44. The first kappa shape index (κ1) is 21.7. The van der Waals surface area contributed by atoms with Gasteiger partial charge >= 0.3 is 0 Å². The van der Waals surface area contributed by atoms with Gasteiger partial charge in [-0.05, 0) is 37.1 Å². The highest BCUT2D eigenvalue weighted by molar-refractivity contribution is 7.89. The third-order valence-electron chi connectivity index (χ3n) is 4.91. The van der Waals surface area contributed by atoms with Crippen LogP contribution in [0.25, 0.3) is 0 Å². The highest BCUT2D eigenvalue weighted by Gasteiger charge is 2.24. The topological polar surface area (TPSA) is 66.5 Å². The van der Waals surface area contributed by atoms with E-state index in [9.17, 15) is 13.2 Å². The fourth-order valence-electron chi connectivity index (χ4n) is 3.24. The summed E-state index contributed by atoms with van der Waals surface area (Å²) in [6, 6.07) is 23.8. The molecule has 0 fully saturated rings. The van der Waals surface area contributed by atoms with Crippen LogP contribution in [-0.4, -0.2) is 32.2 Å². The monoisotopic (exact) mass is 422 g/mol. The van der Waals surface area contributed by atoms with Crippen LogP contribution in [0.3, 0.4) is 0 Å². The van der Waals surface area contributed by atoms with Gasteiger partial charge in [-0.15, -0.1) is 0 Å². The average Bonchev–Trinajstić information content (AvgIpc) is 2.73. The van der Waals surface area contributed by atoms with Gasteiger partial charge in [-0.1, -0.05) is 77.9 Å². The normalized spacial score (nSPS) is 12.5. The lowest BCUT2D eigenvalue weighted by Crippen LogP contribution is -2.40. The molecule has 6 heteroatoms. The van der Waals surface area contributed by atoms with E-state index in [1.165, 1.54) is 7.05 Å². The van der Waals surface area contributed by atoms with E-state index in [-0.39, 0.29) is 23.4 Å². The molecule has 0 aliphatic carbocycles. The first-order valence-electron chi connectivity index (χ1n) is 9.71. The van der Waals surface area contributed by atoms with E-state index in [0.29, 0.717) is 0 Å². The number of sulfonamides is 1. The van der Waals surface area contributed by atoms with E-state index in [4.69, 9.17) is 0 Å². The number of hydrogen-bond donors (Lipinski definition) is 1. The van der Waals surface area contributed by atoms with Crippen molar-refractivity contribution >= 4 is 15.9 Å². The molecule has 0 aliphatic rings. The van der Waals surface area contributed by atoms with Gasteiger partial charge < -0.3 is 5.32 Å². The summed E-state index contributed by atoms with van der Waals surface area (Å²) < 4.78 is 26.7. The average molecular weight is 423 g/mol. The Balaban J connectivity index is 1.80. The Morgan fingerprint density at radius 1 is 0.867 bits per heavy atom. The highest BCUT2D eigenvalue weighted by atomic mass is 32.2. The maximum atomic E-state index is 12.8. The molecule has 156 valence electrons.